The van der Waals surface area contributed by atoms with Gasteiger partial charge in [-0.2, -0.15) is 0 Å². The van der Waals surface area contributed by atoms with Crippen LogP contribution in [0.1, 0.15) is 49.3 Å². The molecule has 2 unspecified atom stereocenters. The van der Waals surface area contributed by atoms with E-state index >= 15 is 0 Å². The number of hydrogen-bond acceptors (Lipinski definition) is 3. The number of aryl methyl sites for hydroxylation is 3. The van der Waals surface area contributed by atoms with E-state index in [4.69, 9.17) is 0 Å². The third-order valence-corrected chi connectivity index (χ3v) is 5.04. The first kappa shape index (κ1) is 18.9. The lowest BCUT2D eigenvalue weighted by Gasteiger charge is -2.34. The van der Waals surface area contributed by atoms with Gasteiger partial charge in [-0.3, -0.25) is 4.79 Å². The van der Waals surface area contributed by atoms with Crippen molar-refractivity contribution in [3.8, 4) is 0 Å². The van der Waals surface area contributed by atoms with Crippen LogP contribution in [0.3, 0.4) is 0 Å². The van der Waals surface area contributed by atoms with Gasteiger partial charge in [0.05, 0.1) is 6.10 Å². The highest BCUT2D eigenvalue weighted by atomic mass is 16.3. The molecule has 2 atom stereocenters. The van der Waals surface area contributed by atoms with E-state index in [9.17, 15) is 9.90 Å². The van der Waals surface area contributed by atoms with Gasteiger partial charge in [0.2, 0.25) is 5.91 Å². The summed E-state index contributed by atoms with van der Waals surface area (Å²) in [4.78, 5) is 14.6. The molecule has 4 heteroatoms. The zero-order chi connectivity index (χ0) is 17.7. The molecule has 134 valence electrons. The summed E-state index contributed by atoms with van der Waals surface area (Å²) >= 11 is 0. The van der Waals surface area contributed by atoms with E-state index in [0.29, 0.717) is 12.3 Å². The summed E-state index contributed by atoms with van der Waals surface area (Å²) in [6.07, 6.45) is 3.43. The number of anilines is 1. The monoisotopic (exact) mass is 332 g/mol. The van der Waals surface area contributed by atoms with Gasteiger partial charge < -0.3 is 15.3 Å². The summed E-state index contributed by atoms with van der Waals surface area (Å²) in [6.45, 7) is 11.0. The maximum atomic E-state index is 12.2. The molecule has 0 radical (unpaired) electrons. The molecule has 4 nitrogen and oxygen atoms in total. The van der Waals surface area contributed by atoms with Crippen molar-refractivity contribution in [2.75, 3.05) is 25.0 Å². The van der Waals surface area contributed by atoms with Gasteiger partial charge in [-0.05, 0) is 77.1 Å². The summed E-state index contributed by atoms with van der Waals surface area (Å²) in [5.41, 5.74) is 4.42. The Balaban J connectivity index is 1.78. The molecule has 1 aromatic rings. The minimum absolute atomic E-state index is 0.0918. The molecule has 0 bridgehead atoms. The second-order valence-corrected chi connectivity index (χ2v) is 7.37. The van der Waals surface area contributed by atoms with Gasteiger partial charge in [-0.25, -0.2) is 0 Å². The topological polar surface area (TPSA) is 52.6 Å². The Morgan fingerprint density at radius 1 is 1.33 bits per heavy atom. The summed E-state index contributed by atoms with van der Waals surface area (Å²) < 4.78 is 0. The molecule has 1 aliphatic heterocycles. The van der Waals surface area contributed by atoms with E-state index in [1.807, 2.05) is 20.8 Å². The van der Waals surface area contributed by atoms with Crippen LogP contribution >= 0.6 is 0 Å². The molecule has 0 spiro atoms. The van der Waals surface area contributed by atoms with Crippen molar-refractivity contribution in [3.05, 3.63) is 28.8 Å². The molecular weight excluding hydrogens is 300 g/mol. The maximum Gasteiger partial charge on any atom is 0.224 e. The van der Waals surface area contributed by atoms with E-state index in [2.05, 4.69) is 29.3 Å². The number of nitrogens with one attached hydrogen (secondary N) is 1. The number of amides is 1. The Bertz CT molecular complexity index is 546. The lowest BCUT2D eigenvalue weighted by molar-refractivity contribution is -0.116. The van der Waals surface area contributed by atoms with Crippen molar-refractivity contribution in [2.45, 2.75) is 59.5 Å². The van der Waals surface area contributed by atoms with E-state index in [1.54, 1.807) is 0 Å². The molecule has 1 amide bonds. The van der Waals surface area contributed by atoms with Crippen molar-refractivity contribution in [1.82, 2.24) is 4.90 Å². The average Bonchev–Trinajstić information content (AvgIpc) is 2.51. The fourth-order valence-corrected chi connectivity index (χ4v) is 3.73. The average molecular weight is 332 g/mol. The summed E-state index contributed by atoms with van der Waals surface area (Å²) in [7, 11) is 0. The quantitative estimate of drug-likeness (QED) is 0.839. The molecule has 2 rings (SSSR count). The molecule has 0 aromatic heterocycles. The molecule has 1 aromatic carbocycles. The summed E-state index contributed by atoms with van der Waals surface area (Å²) in [6, 6.07) is 4.21. The molecule has 0 aliphatic carbocycles. The zero-order valence-electron chi connectivity index (χ0n) is 15.6. The minimum Gasteiger partial charge on any atom is -0.393 e. The first-order chi connectivity index (χ1) is 11.4. The van der Waals surface area contributed by atoms with Gasteiger partial charge in [0.15, 0.2) is 0 Å². The second-order valence-electron chi connectivity index (χ2n) is 7.37. The number of aliphatic hydroxyl groups excluding tert-OH is 1. The maximum absolute atomic E-state index is 12.2. The number of piperidine rings is 1. The first-order valence-corrected chi connectivity index (χ1v) is 9.15. The van der Waals surface area contributed by atoms with Crippen molar-refractivity contribution >= 4 is 11.6 Å². The Hall–Kier alpha value is -1.39. The molecular formula is C20H32N2O2. The first-order valence-electron chi connectivity index (χ1n) is 9.15. The Kier molecular flexibility index (Phi) is 6.81. The Morgan fingerprint density at radius 2 is 2.00 bits per heavy atom. The van der Waals surface area contributed by atoms with Crippen molar-refractivity contribution in [1.29, 1.82) is 0 Å². The van der Waals surface area contributed by atoms with Gasteiger partial charge in [0.25, 0.3) is 0 Å². The number of carbonyl (C=O) groups excluding carboxylic acids is 1. The predicted octanol–water partition coefficient (Wildman–Crippen LogP) is 3.42. The molecule has 24 heavy (non-hydrogen) atoms. The van der Waals surface area contributed by atoms with Gasteiger partial charge in [0.1, 0.15) is 0 Å². The second kappa shape index (κ2) is 8.63. The normalized spacial score (nSPS) is 20.0. The number of aliphatic hydroxyl groups is 1. The van der Waals surface area contributed by atoms with Gasteiger partial charge in [-0.15, -0.1) is 0 Å². The number of rotatable bonds is 6. The number of hydrogen-bond donors (Lipinski definition) is 2. The van der Waals surface area contributed by atoms with Crippen LogP contribution in [0.4, 0.5) is 5.69 Å². The SMILES string of the molecule is Cc1cc(C)c(NC(=O)CCCN2CCCC(C(C)O)C2)c(C)c1. The van der Waals surface area contributed by atoms with E-state index in [0.717, 1.165) is 55.7 Å². The summed E-state index contributed by atoms with van der Waals surface area (Å²) in [5.74, 6) is 0.472. The fraction of sp³-hybridized carbons (Fsp3) is 0.650. The van der Waals surface area contributed by atoms with Crippen LogP contribution < -0.4 is 5.32 Å². The summed E-state index contributed by atoms with van der Waals surface area (Å²) in [5, 5.41) is 12.8. The molecule has 1 heterocycles. The zero-order valence-corrected chi connectivity index (χ0v) is 15.6. The molecule has 1 saturated heterocycles. The molecule has 2 N–H and O–H groups in total. The van der Waals surface area contributed by atoms with E-state index in [-0.39, 0.29) is 12.0 Å². The lowest BCUT2D eigenvalue weighted by atomic mass is 9.93. The third kappa shape index (κ3) is 5.32. The van der Waals surface area contributed by atoms with Crippen LogP contribution in [0.2, 0.25) is 0 Å². The molecule has 1 aliphatic rings. The highest BCUT2D eigenvalue weighted by Gasteiger charge is 2.23. The van der Waals surface area contributed by atoms with Crippen molar-refractivity contribution in [2.24, 2.45) is 5.92 Å². The van der Waals surface area contributed by atoms with Crippen molar-refractivity contribution in [3.63, 3.8) is 0 Å². The van der Waals surface area contributed by atoms with E-state index in [1.165, 1.54) is 5.56 Å². The third-order valence-electron chi connectivity index (χ3n) is 5.04. The standard InChI is InChI=1S/C20H32N2O2/c1-14-11-15(2)20(16(3)12-14)21-19(24)8-6-10-22-9-5-7-18(13-22)17(4)23/h11-12,17-18,23H,5-10,13H2,1-4H3,(H,21,24). The van der Waals surface area contributed by atoms with E-state index < -0.39 is 0 Å². The number of nitrogens with zero attached hydrogens (tertiary/aromatic N) is 1. The van der Waals surface area contributed by atoms with Crippen LogP contribution in [0.5, 0.6) is 0 Å². The van der Waals surface area contributed by atoms with Gasteiger partial charge in [0, 0.05) is 18.7 Å². The Labute approximate surface area is 146 Å². The molecule has 1 fully saturated rings. The van der Waals surface area contributed by atoms with Crippen LogP contribution in [0.15, 0.2) is 12.1 Å². The van der Waals surface area contributed by atoms with Crippen LogP contribution in [0, 0.1) is 26.7 Å². The minimum atomic E-state index is -0.233. The number of carbonyl (C=O) groups is 1. The highest BCUT2D eigenvalue weighted by molar-refractivity contribution is 5.92. The Morgan fingerprint density at radius 3 is 2.62 bits per heavy atom. The predicted molar refractivity (Wildman–Crippen MR) is 99.4 cm³/mol. The number of benzene rings is 1. The fourth-order valence-electron chi connectivity index (χ4n) is 3.73. The lowest BCUT2D eigenvalue weighted by Crippen LogP contribution is -2.40. The highest BCUT2D eigenvalue weighted by Crippen LogP contribution is 2.23. The largest absolute Gasteiger partial charge is 0.393 e. The smallest absolute Gasteiger partial charge is 0.224 e. The molecule has 0 saturated carbocycles. The van der Waals surface area contributed by atoms with Crippen LogP contribution in [0.25, 0.3) is 0 Å². The van der Waals surface area contributed by atoms with Crippen LogP contribution in [-0.2, 0) is 4.79 Å². The number of likely N-dealkylation sites (tertiary alicyclic amines) is 1. The van der Waals surface area contributed by atoms with Crippen LogP contribution in [-0.4, -0.2) is 41.7 Å². The van der Waals surface area contributed by atoms with Gasteiger partial charge in [-0.1, -0.05) is 17.7 Å². The van der Waals surface area contributed by atoms with Gasteiger partial charge >= 0.3 is 0 Å². The van der Waals surface area contributed by atoms with Crippen molar-refractivity contribution < 1.29 is 9.90 Å².